The van der Waals surface area contributed by atoms with Crippen LogP contribution in [0, 0.1) is 0 Å². The number of hydrogen-bond acceptors (Lipinski definition) is 3. The largest absolute Gasteiger partial charge is 0.497 e. The van der Waals surface area contributed by atoms with Crippen LogP contribution in [-0.2, 0) is 11.2 Å². The Morgan fingerprint density at radius 3 is 2.61 bits per heavy atom. The predicted molar refractivity (Wildman–Crippen MR) is 89.8 cm³/mol. The van der Waals surface area contributed by atoms with E-state index in [1.54, 1.807) is 24.3 Å². The van der Waals surface area contributed by atoms with Crippen LogP contribution in [0.15, 0.2) is 48.5 Å². The smallest absolute Gasteiger partial charge is 0.251 e. The molecule has 0 aliphatic heterocycles. The van der Waals surface area contributed by atoms with E-state index in [-0.39, 0.29) is 18.4 Å². The first kappa shape index (κ1) is 16.5. The number of anilines is 1. The van der Waals surface area contributed by atoms with Gasteiger partial charge in [-0.25, -0.2) is 0 Å². The van der Waals surface area contributed by atoms with E-state index in [0.717, 1.165) is 17.7 Å². The molecule has 0 aliphatic rings. The van der Waals surface area contributed by atoms with Crippen LogP contribution in [0.5, 0.6) is 5.75 Å². The van der Waals surface area contributed by atoms with Crippen LogP contribution in [-0.4, -0.2) is 25.5 Å². The highest BCUT2D eigenvalue weighted by Crippen LogP contribution is 2.15. The van der Waals surface area contributed by atoms with Crippen molar-refractivity contribution >= 4 is 17.5 Å². The molecule has 0 radical (unpaired) electrons. The van der Waals surface area contributed by atoms with Gasteiger partial charge in [-0.2, -0.15) is 0 Å². The van der Waals surface area contributed by atoms with Gasteiger partial charge in [0, 0.05) is 11.3 Å². The van der Waals surface area contributed by atoms with Gasteiger partial charge in [-0.15, -0.1) is 0 Å². The van der Waals surface area contributed by atoms with Gasteiger partial charge in [-0.1, -0.05) is 31.2 Å². The highest BCUT2D eigenvalue weighted by atomic mass is 16.5. The maximum Gasteiger partial charge on any atom is 0.251 e. The van der Waals surface area contributed by atoms with E-state index in [2.05, 4.69) is 10.6 Å². The Labute approximate surface area is 135 Å². The average Bonchev–Trinajstić information content (AvgIpc) is 2.60. The second kappa shape index (κ2) is 7.98. The lowest BCUT2D eigenvalue weighted by atomic mass is 10.1. The lowest BCUT2D eigenvalue weighted by molar-refractivity contribution is -0.115. The molecule has 0 aromatic heterocycles. The molecule has 0 bridgehead atoms. The lowest BCUT2D eigenvalue weighted by Gasteiger charge is -2.10. The van der Waals surface area contributed by atoms with Crippen molar-refractivity contribution in [3.05, 3.63) is 59.7 Å². The van der Waals surface area contributed by atoms with Crippen molar-refractivity contribution in [1.29, 1.82) is 0 Å². The molecule has 2 rings (SSSR count). The third kappa shape index (κ3) is 4.57. The fourth-order valence-electron chi connectivity index (χ4n) is 2.17. The van der Waals surface area contributed by atoms with Crippen molar-refractivity contribution in [3.8, 4) is 5.75 Å². The summed E-state index contributed by atoms with van der Waals surface area (Å²) in [6.07, 6.45) is 0.826. The fourth-order valence-corrected chi connectivity index (χ4v) is 2.17. The average molecular weight is 312 g/mol. The topological polar surface area (TPSA) is 67.4 Å². The number of carbonyl (C=O) groups is 2. The summed E-state index contributed by atoms with van der Waals surface area (Å²) < 4.78 is 5.08. The molecule has 23 heavy (non-hydrogen) atoms. The maximum absolute atomic E-state index is 12.0. The lowest BCUT2D eigenvalue weighted by Crippen LogP contribution is -2.33. The molecular weight excluding hydrogens is 292 g/mol. The molecule has 5 nitrogen and oxygen atoms in total. The standard InChI is InChI=1S/C18H20N2O3/c1-3-13-7-4-5-10-16(13)20-17(21)12-19-18(22)14-8-6-9-15(11-14)23-2/h4-11H,3,12H2,1-2H3,(H,19,22)(H,20,21). The second-order valence-electron chi connectivity index (χ2n) is 4.97. The molecule has 2 aromatic carbocycles. The molecule has 0 saturated carbocycles. The van der Waals surface area contributed by atoms with Gasteiger partial charge in [0.25, 0.3) is 5.91 Å². The predicted octanol–water partition coefficient (Wildman–Crippen LogP) is 2.63. The summed E-state index contributed by atoms with van der Waals surface area (Å²) in [6, 6.07) is 14.4. The zero-order chi connectivity index (χ0) is 16.7. The van der Waals surface area contributed by atoms with Crippen molar-refractivity contribution in [2.75, 3.05) is 19.0 Å². The molecule has 120 valence electrons. The Kier molecular flexibility index (Phi) is 5.74. The summed E-state index contributed by atoms with van der Waals surface area (Å²) in [7, 11) is 1.54. The normalized spacial score (nSPS) is 10.0. The van der Waals surface area contributed by atoms with Gasteiger partial charge in [-0.05, 0) is 36.2 Å². The van der Waals surface area contributed by atoms with E-state index in [4.69, 9.17) is 4.74 Å². The molecule has 0 saturated heterocycles. The quantitative estimate of drug-likeness (QED) is 0.861. The van der Waals surface area contributed by atoms with E-state index in [9.17, 15) is 9.59 Å². The zero-order valence-corrected chi connectivity index (χ0v) is 13.3. The third-order valence-electron chi connectivity index (χ3n) is 3.41. The minimum Gasteiger partial charge on any atom is -0.497 e. The van der Waals surface area contributed by atoms with Crippen LogP contribution in [0.4, 0.5) is 5.69 Å². The Hall–Kier alpha value is -2.82. The van der Waals surface area contributed by atoms with Crippen LogP contribution in [0.25, 0.3) is 0 Å². The van der Waals surface area contributed by atoms with Crippen LogP contribution in [0.2, 0.25) is 0 Å². The minimum absolute atomic E-state index is 0.0892. The number of carbonyl (C=O) groups excluding carboxylic acids is 2. The van der Waals surface area contributed by atoms with Crippen molar-refractivity contribution in [1.82, 2.24) is 5.32 Å². The SMILES string of the molecule is CCc1ccccc1NC(=O)CNC(=O)c1cccc(OC)c1. The number of rotatable bonds is 6. The molecule has 2 N–H and O–H groups in total. The van der Waals surface area contributed by atoms with Gasteiger partial charge in [0.05, 0.1) is 13.7 Å². The van der Waals surface area contributed by atoms with Crippen molar-refractivity contribution < 1.29 is 14.3 Å². The number of hydrogen-bond donors (Lipinski definition) is 2. The number of methoxy groups -OCH3 is 1. The van der Waals surface area contributed by atoms with Crippen molar-refractivity contribution in [2.45, 2.75) is 13.3 Å². The molecular formula is C18H20N2O3. The van der Waals surface area contributed by atoms with E-state index < -0.39 is 0 Å². The molecule has 2 aromatic rings. The number of aryl methyl sites for hydroxylation is 1. The highest BCUT2D eigenvalue weighted by molar-refractivity contribution is 5.99. The molecule has 0 atom stereocenters. The number of para-hydroxylation sites is 1. The summed E-state index contributed by atoms with van der Waals surface area (Å²) in [5, 5.41) is 5.41. The zero-order valence-electron chi connectivity index (χ0n) is 13.3. The monoisotopic (exact) mass is 312 g/mol. The first-order valence-electron chi connectivity index (χ1n) is 7.44. The van der Waals surface area contributed by atoms with Gasteiger partial charge in [-0.3, -0.25) is 9.59 Å². The molecule has 0 heterocycles. The van der Waals surface area contributed by atoms with Gasteiger partial charge < -0.3 is 15.4 Å². The number of benzene rings is 2. The summed E-state index contributed by atoms with van der Waals surface area (Å²) in [5.41, 5.74) is 2.28. The van der Waals surface area contributed by atoms with Gasteiger partial charge in [0.15, 0.2) is 0 Å². The first-order valence-corrected chi connectivity index (χ1v) is 7.44. The molecule has 0 unspecified atom stereocenters. The van der Waals surface area contributed by atoms with E-state index in [1.807, 2.05) is 31.2 Å². The summed E-state index contributed by atoms with van der Waals surface area (Å²) >= 11 is 0. The summed E-state index contributed by atoms with van der Waals surface area (Å²) in [4.78, 5) is 24.0. The Morgan fingerprint density at radius 1 is 1.09 bits per heavy atom. The summed E-state index contributed by atoms with van der Waals surface area (Å²) in [6.45, 7) is 1.93. The molecule has 0 fully saturated rings. The Balaban J connectivity index is 1.92. The highest BCUT2D eigenvalue weighted by Gasteiger charge is 2.10. The van der Waals surface area contributed by atoms with Crippen LogP contribution in [0.1, 0.15) is 22.8 Å². The van der Waals surface area contributed by atoms with Crippen molar-refractivity contribution in [2.24, 2.45) is 0 Å². The molecule has 0 spiro atoms. The maximum atomic E-state index is 12.0. The molecule has 0 aliphatic carbocycles. The number of amides is 2. The first-order chi connectivity index (χ1) is 11.1. The number of ether oxygens (including phenoxy) is 1. The molecule has 2 amide bonds. The van der Waals surface area contributed by atoms with Crippen LogP contribution < -0.4 is 15.4 Å². The third-order valence-corrected chi connectivity index (χ3v) is 3.41. The van der Waals surface area contributed by atoms with Gasteiger partial charge in [0.2, 0.25) is 5.91 Å². The second-order valence-corrected chi connectivity index (χ2v) is 4.97. The van der Waals surface area contributed by atoms with Crippen molar-refractivity contribution in [3.63, 3.8) is 0 Å². The number of nitrogens with one attached hydrogen (secondary N) is 2. The van der Waals surface area contributed by atoms with Gasteiger partial charge in [0.1, 0.15) is 5.75 Å². The Morgan fingerprint density at radius 2 is 1.87 bits per heavy atom. The van der Waals surface area contributed by atoms with E-state index in [1.165, 1.54) is 7.11 Å². The van der Waals surface area contributed by atoms with Crippen LogP contribution in [0.3, 0.4) is 0 Å². The fraction of sp³-hybridized carbons (Fsp3) is 0.222. The minimum atomic E-state index is -0.317. The summed E-state index contributed by atoms with van der Waals surface area (Å²) in [5.74, 6) is 0.0175. The van der Waals surface area contributed by atoms with Crippen LogP contribution >= 0.6 is 0 Å². The van der Waals surface area contributed by atoms with E-state index in [0.29, 0.717) is 11.3 Å². The van der Waals surface area contributed by atoms with Gasteiger partial charge >= 0.3 is 0 Å². The van der Waals surface area contributed by atoms with E-state index >= 15 is 0 Å². The Bertz CT molecular complexity index is 698. The molecule has 5 heteroatoms.